The van der Waals surface area contributed by atoms with Gasteiger partial charge in [0.2, 0.25) is 11.6 Å². The topological polar surface area (TPSA) is 101 Å². The second-order valence-electron chi connectivity index (χ2n) is 4.81. The van der Waals surface area contributed by atoms with Crippen molar-refractivity contribution in [3.63, 3.8) is 0 Å². The van der Waals surface area contributed by atoms with Gasteiger partial charge in [0, 0.05) is 13.1 Å². The molecule has 1 fully saturated rings. The van der Waals surface area contributed by atoms with Crippen molar-refractivity contribution in [3.05, 3.63) is 24.1 Å². The zero-order chi connectivity index (χ0) is 14.8. The zero-order valence-corrected chi connectivity index (χ0v) is 11.2. The van der Waals surface area contributed by atoms with Gasteiger partial charge < -0.3 is 14.4 Å². The van der Waals surface area contributed by atoms with E-state index in [9.17, 15) is 14.7 Å². The Morgan fingerprint density at radius 3 is 2.71 bits per heavy atom. The van der Waals surface area contributed by atoms with Crippen LogP contribution >= 0.6 is 0 Å². The van der Waals surface area contributed by atoms with Crippen molar-refractivity contribution < 1.29 is 19.1 Å². The van der Waals surface area contributed by atoms with Crippen molar-refractivity contribution in [1.82, 2.24) is 19.9 Å². The zero-order valence-electron chi connectivity index (χ0n) is 11.2. The van der Waals surface area contributed by atoms with Crippen molar-refractivity contribution in [2.24, 2.45) is 0 Å². The predicted octanol–water partition coefficient (Wildman–Crippen LogP) is 0.859. The Kier molecular flexibility index (Phi) is 3.43. The van der Waals surface area contributed by atoms with Gasteiger partial charge in [-0.05, 0) is 25.0 Å². The molecule has 0 unspecified atom stereocenters. The number of furan rings is 1. The first-order chi connectivity index (χ1) is 10.2. The molecular formula is C13H14N4O4. The van der Waals surface area contributed by atoms with Crippen molar-refractivity contribution in [3.8, 4) is 11.5 Å². The van der Waals surface area contributed by atoms with E-state index in [1.54, 1.807) is 17.0 Å². The molecule has 1 saturated heterocycles. The molecule has 8 heteroatoms. The summed E-state index contributed by atoms with van der Waals surface area (Å²) in [4.78, 5) is 25.1. The highest BCUT2D eigenvalue weighted by Gasteiger charge is 2.25. The molecule has 1 amide bonds. The number of carboxylic acid groups (broad SMARTS) is 1. The second kappa shape index (κ2) is 5.39. The van der Waals surface area contributed by atoms with Crippen LogP contribution in [0, 0.1) is 0 Å². The van der Waals surface area contributed by atoms with Crippen molar-refractivity contribution in [1.29, 1.82) is 0 Å². The summed E-state index contributed by atoms with van der Waals surface area (Å²) in [5.41, 5.74) is -0.0146. The molecule has 2 aromatic heterocycles. The van der Waals surface area contributed by atoms with Crippen LogP contribution in [0.4, 0.5) is 0 Å². The normalized spacial score (nSPS) is 14.6. The highest BCUT2D eigenvalue weighted by molar-refractivity contribution is 5.92. The molecule has 1 N–H and O–H groups in total. The third-order valence-corrected chi connectivity index (χ3v) is 3.44. The van der Waals surface area contributed by atoms with Gasteiger partial charge in [0.25, 0.3) is 0 Å². The summed E-state index contributed by atoms with van der Waals surface area (Å²) in [6, 6.07) is 3.25. The van der Waals surface area contributed by atoms with Gasteiger partial charge in [0.05, 0.1) is 6.26 Å². The largest absolute Gasteiger partial charge is 0.476 e. The van der Waals surface area contributed by atoms with Crippen molar-refractivity contribution in [2.75, 3.05) is 13.1 Å². The molecule has 3 heterocycles. The number of carbonyl (C=O) groups is 2. The van der Waals surface area contributed by atoms with Crippen molar-refractivity contribution in [2.45, 2.75) is 19.4 Å². The van der Waals surface area contributed by atoms with Crippen LogP contribution in [0.3, 0.4) is 0 Å². The molecule has 0 radical (unpaired) electrons. The van der Waals surface area contributed by atoms with E-state index in [-0.39, 0.29) is 23.8 Å². The number of nitrogens with zero attached hydrogens (tertiary/aromatic N) is 4. The number of likely N-dealkylation sites (tertiary alicyclic amines) is 1. The highest BCUT2D eigenvalue weighted by Crippen LogP contribution is 2.23. The lowest BCUT2D eigenvalue weighted by molar-refractivity contribution is -0.130. The third kappa shape index (κ3) is 2.51. The molecule has 3 rings (SSSR count). The molecule has 21 heavy (non-hydrogen) atoms. The van der Waals surface area contributed by atoms with Crippen LogP contribution in [0.15, 0.2) is 22.8 Å². The first-order valence-corrected chi connectivity index (χ1v) is 6.65. The molecule has 110 valence electrons. The predicted molar refractivity (Wildman–Crippen MR) is 70.5 cm³/mol. The number of amides is 1. The SMILES string of the molecule is O=C(O)c1nnn(CC(=O)N2CCCC2)c1-c1ccco1. The van der Waals surface area contributed by atoms with Crippen LogP contribution < -0.4 is 0 Å². The van der Waals surface area contributed by atoms with Crippen LogP contribution in [0.1, 0.15) is 23.3 Å². The summed E-state index contributed by atoms with van der Waals surface area (Å²) in [6.45, 7) is 1.42. The van der Waals surface area contributed by atoms with E-state index >= 15 is 0 Å². The lowest BCUT2D eigenvalue weighted by atomic mass is 10.2. The van der Waals surface area contributed by atoms with Gasteiger partial charge in [-0.1, -0.05) is 5.21 Å². The molecule has 8 nitrogen and oxygen atoms in total. The second-order valence-corrected chi connectivity index (χ2v) is 4.81. The Morgan fingerprint density at radius 1 is 1.33 bits per heavy atom. The lowest BCUT2D eigenvalue weighted by Gasteiger charge is -2.15. The first-order valence-electron chi connectivity index (χ1n) is 6.65. The maximum absolute atomic E-state index is 12.2. The molecule has 0 saturated carbocycles. The standard InChI is InChI=1S/C13H14N4O4/c18-10(16-5-1-2-6-16)8-17-12(9-4-3-7-21-9)11(13(19)20)14-15-17/h3-4,7H,1-2,5-6,8H2,(H,19,20). The molecule has 0 aromatic carbocycles. The first kappa shape index (κ1) is 13.3. The van der Waals surface area contributed by atoms with Crippen LogP contribution in [-0.4, -0.2) is 50.0 Å². The molecule has 0 aliphatic carbocycles. The summed E-state index contributed by atoms with van der Waals surface area (Å²) < 4.78 is 6.51. The monoisotopic (exact) mass is 290 g/mol. The van der Waals surface area contributed by atoms with Gasteiger partial charge in [-0.2, -0.15) is 0 Å². The minimum absolute atomic E-state index is 0.0453. The number of carbonyl (C=O) groups excluding carboxylic acids is 1. The van der Waals surface area contributed by atoms with Gasteiger partial charge in [-0.15, -0.1) is 5.10 Å². The van der Waals surface area contributed by atoms with E-state index in [1.807, 2.05) is 0 Å². The quantitative estimate of drug-likeness (QED) is 0.896. The average molecular weight is 290 g/mol. The number of hydrogen-bond acceptors (Lipinski definition) is 5. The summed E-state index contributed by atoms with van der Waals surface area (Å²) in [7, 11) is 0. The van der Waals surface area contributed by atoms with E-state index in [0.717, 1.165) is 25.9 Å². The van der Waals surface area contributed by atoms with Crippen LogP contribution in [0.2, 0.25) is 0 Å². The Hall–Kier alpha value is -2.64. The Bertz CT molecular complexity index is 656. The number of aromatic nitrogens is 3. The molecular weight excluding hydrogens is 276 g/mol. The number of aromatic carboxylic acids is 1. The Morgan fingerprint density at radius 2 is 2.10 bits per heavy atom. The molecule has 0 atom stereocenters. The number of rotatable bonds is 4. The summed E-state index contributed by atoms with van der Waals surface area (Å²) in [6.07, 6.45) is 3.42. The van der Waals surface area contributed by atoms with E-state index in [0.29, 0.717) is 5.76 Å². The van der Waals surface area contributed by atoms with Gasteiger partial charge in [-0.3, -0.25) is 4.79 Å². The number of carboxylic acids is 1. The van der Waals surface area contributed by atoms with Gasteiger partial charge >= 0.3 is 5.97 Å². The summed E-state index contributed by atoms with van der Waals surface area (Å²) in [5, 5.41) is 16.6. The molecule has 1 aliphatic rings. The highest BCUT2D eigenvalue weighted by atomic mass is 16.4. The summed E-state index contributed by atoms with van der Waals surface area (Å²) in [5.74, 6) is -0.977. The minimum Gasteiger partial charge on any atom is -0.476 e. The minimum atomic E-state index is -1.21. The van der Waals surface area contributed by atoms with Crippen molar-refractivity contribution >= 4 is 11.9 Å². The maximum Gasteiger partial charge on any atom is 0.358 e. The Balaban J connectivity index is 1.91. The fourth-order valence-electron chi connectivity index (χ4n) is 2.42. The third-order valence-electron chi connectivity index (χ3n) is 3.44. The van der Waals surface area contributed by atoms with Gasteiger partial charge in [0.15, 0.2) is 5.76 Å². The van der Waals surface area contributed by atoms with Gasteiger partial charge in [0.1, 0.15) is 12.2 Å². The van der Waals surface area contributed by atoms with E-state index in [1.165, 1.54) is 10.9 Å². The molecule has 2 aromatic rings. The van der Waals surface area contributed by atoms with E-state index in [2.05, 4.69) is 10.3 Å². The van der Waals surface area contributed by atoms with Crippen LogP contribution in [0.25, 0.3) is 11.5 Å². The molecule has 1 aliphatic heterocycles. The average Bonchev–Trinajstić information content (AvgIpc) is 3.19. The smallest absolute Gasteiger partial charge is 0.358 e. The maximum atomic E-state index is 12.2. The fourth-order valence-corrected chi connectivity index (χ4v) is 2.42. The van der Waals surface area contributed by atoms with Crippen LogP contribution in [-0.2, 0) is 11.3 Å². The fraction of sp³-hybridized carbons (Fsp3) is 0.385. The van der Waals surface area contributed by atoms with E-state index < -0.39 is 5.97 Å². The lowest BCUT2D eigenvalue weighted by Crippen LogP contribution is -2.31. The van der Waals surface area contributed by atoms with E-state index in [4.69, 9.17) is 4.42 Å². The molecule has 0 spiro atoms. The number of hydrogen-bond donors (Lipinski definition) is 1. The van der Waals surface area contributed by atoms with Gasteiger partial charge in [-0.25, -0.2) is 9.48 Å². The molecule has 0 bridgehead atoms. The summed E-state index contributed by atoms with van der Waals surface area (Å²) >= 11 is 0. The van der Waals surface area contributed by atoms with Crippen LogP contribution in [0.5, 0.6) is 0 Å². The Labute approximate surface area is 120 Å².